The van der Waals surface area contributed by atoms with Crippen molar-refractivity contribution in [2.75, 3.05) is 20.2 Å². The second-order valence-corrected chi connectivity index (χ2v) is 6.72. The van der Waals surface area contributed by atoms with Crippen LogP contribution in [0.1, 0.15) is 35.7 Å². The van der Waals surface area contributed by atoms with Crippen LogP contribution in [0.15, 0.2) is 46.8 Å². The van der Waals surface area contributed by atoms with E-state index in [2.05, 4.69) is 52.2 Å². The summed E-state index contributed by atoms with van der Waals surface area (Å²) in [6.45, 7) is 3.83. The molecule has 0 radical (unpaired) electrons. The van der Waals surface area contributed by atoms with Gasteiger partial charge in [0, 0.05) is 36.4 Å². The Bertz CT molecular complexity index is 654. The minimum Gasteiger partial charge on any atom is -0.493 e. The predicted molar refractivity (Wildman–Crippen MR) is 96.5 cm³/mol. The van der Waals surface area contributed by atoms with Crippen molar-refractivity contribution in [3.8, 4) is 5.75 Å². The maximum atomic E-state index is 5.72. The number of aliphatic imine (C=N–C) groups is 1. The molecule has 2 N–H and O–H groups in total. The largest absolute Gasteiger partial charge is 0.493 e. The molecule has 4 nitrogen and oxygen atoms in total. The van der Waals surface area contributed by atoms with Gasteiger partial charge in [0.2, 0.25) is 0 Å². The zero-order chi connectivity index (χ0) is 16.1. The molecule has 0 bridgehead atoms. The summed E-state index contributed by atoms with van der Waals surface area (Å²) < 4.78 is 5.72. The highest BCUT2D eigenvalue weighted by Gasteiger charge is 2.21. The molecular formula is C18H23N3OS. The SMILES string of the molecule is CN=C(NCC(C)c1cccs1)NC1CCOc2ccccc21. The van der Waals surface area contributed by atoms with Crippen molar-refractivity contribution in [2.24, 2.45) is 4.99 Å². The van der Waals surface area contributed by atoms with Crippen LogP contribution in [-0.4, -0.2) is 26.2 Å². The number of para-hydroxylation sites is 1. The summed E-state index contributed by atoms with van der Waals surface area (Å²) in [6.07, 6.45) is 0.943. The van der Waals surface area contributed by atoms with E-state index in [1.54, 1.807) is 11.3 Å². The minimum absolute atomic E-state index is 0.239. The number of fused-ring (bicyclic) bond motifs is 1. The van der Waals surface area contributed by atoms with Crippen LogP contribution in [0.25, 0.3) is 0 Å². The molecule has 1 aliphatic heterocycles. The molecule has 1 aromatic heterocycles. The van der Waals surface area contributed by atoms with Gasteiger partial charge in [0.15, 0.2) is 5.96 Å². The Labute approximate surface area is 141 Å². The van der Waals surface area contributed by atoms with E-state index in [1.807, 2.05) is 19.2 Å². The molecule has 1 aromatic carbocycles. The fraction of sp³-hybridized carbons (Fsp3) is 0.389. The first-order chi connectivity index (χ1) is 11.3. The summed E-state index contributed by atoms with van der Waals surface area (Å²) in [5.41, 5.74) is 1.20. The molecule has 0 aliphatic carbocycles. The second-order valence-electron chi connectivity index (χ2n) is 5.74. The van der Waals surface area contributed by atoms with E-state index in [-0.39, 0.29) is 6.04 Å². The maximum absolute atomic E-state index is 5.72. The molecule has 122 valence electrons. The van der Waals surface area contributed by atoms with Gasteiger partial charge >= 0.3 is 0 Å². The number of rotatable bonds is 4. The number of guanidine groups is 1. The summed E-state index contributed by atoms with van der Waals surface area (Å²) in [6, 6.07) is 12.7. The topological polar surface area (TPSA) is 45.7 Å². The van der Waals surface area contributed by atoms with Crippen LogP contribution in [0.2, 0.25) is 0 Å². The summed E-state index contributed by atoms with van der Waals surface area (Å²) in [4.78, 5) is 5.76. The Morgan fingerprint density at radius 1 is 1.35 bits per heavy atom. The van der Waals surface area contributed by atoms with Crippen LogP contribution in [-0.2, 0) is 0 Å². The molecule has 2 unspecified atom stereocenters. The van der Waals surface area contributed by atoms with E-state index in [1.165, 1.54) is 10.4 Å². The van der Waals surface area contributed by atoms with Crippen molar-refractivity contribution >= 4 is 17.3 Å². The highest BCUT2D eigenvalue weighted by atomic mass is 32.1. The van der Waals surface area contributed by atoms with Gasteiger partial charge in [-0.15, -0.1) is 11.3 Å². The van der Waals surface area contributed by atoms with Gasteiger partial charge in [-0.3, -0.25) is 4.99 Å². The number of benzene rings is 1. The zero-order valence-electron chi connectivity index (χ0n) is 13.6. The first kappa shape index (κ1) is 15.9. The lowest BCUT2D eigenvalue weighted by Crippen LogP contribution is -2.42. The van der Waals surface area contributed by atoms with Crippen molar-refractivity contribution < 1.29 is 4.74 Å². The van der Waals surface area contributed by atoms with Gasteiger partial charge in [-0.25, -0.2) is 0 Å². The first-order valence-corrected chi connectivity index (χ1v) is 8.88. The third kappa shape index (κ3) is 3.85. The van der Waals surface area contributed by atoms with Gasteiger partial charge in [-0.05, 0) is 17.5 Å². The molecule has 0 fully saturated rings. The van der Waals surface area contributed by atoms with E-state index in [0.717, 1.165) is 31.3 Å². The molecule has 0 spiro atoms. The van der Waals surface area contributed by atoms with Crippen molar-refractivity contribution in [3.05, 3.63) is 52.2 Å². The van der Waals surface area contributed by atoms with E-state index in [9.17, 15) is 0 Å². The standard InChI is InChI=1S/C18H23N3OS/c1-13(17-8-5-11-23-17)12-20-18(19-2)21-15-9-10-22-16-7-4-3-6-14(15)16/h3-8,11,13,15H,9-10,12H2,1-2H3,(H2,19,20,21). The molecule has 5 heteroatoms. The van der Waals surface area contributed by atoms with Gasteiger partial charge in [0.05, 0.1) is 12.6 Å². The quantitative estimate of drug-likeness (QED) is 0.666. The molecule has 3 rings (SSSR count). The maximum Gasteiger partial charge on any atom is 0.191 e. The second kappa shape index (κ2) is 7.51. The lowest BCUT2D eigenvalue weighted by molar-refractivity contribution is 0.261. The molecule has 0 saturated heterocycles. The molecule has 0 amide bonds. The van der Waals surface area contributed by atoms with Gasteiger partial charge in [-0.1, -0.05) is 31.2 Å². The summed E-state index contributed by atoms with van der Waals surface area (Å²) in [5, 5.41) is 9.09. The lowest BCUT2D eigenvalue weighted by Gasteiger charge is -2.28. The van der Waals surface area contributed by atoms with Crippen LogP contribution in [0, 0.1) is 0 Å². The van der Waals surface area contributed by atoms with Crippen LogP contribution in [0.5, 0.6) is 5.75 Å². The number of ether oxygens (including phenoxy) is 1. The normalized spacial score (nSPS) is 18.7. The number of nitrogens with zero attached hydrogens (tertiary/aromatic N) is 1. The van der Waals surface area contributed by atoms with Gasteiger partial charge in [-0.2, -0.15) is 0 Å². The first-order valence-electron chi connectivity index (χ1n) is 8.00. The van der Waals surface area contributed by atoms with Crippen molar-refractivity contribution in [1.82, 2.24) is 10.6 Å². The van der Waals surface area contributed by atoms with Crippen LogP contribution in [0.4, 0.5) is 0 Å². The molecule has 2 heterocycles. The van der Waals surface area contributed by atoms with E-state index in [4.69, 9.17) is 4.74 Å². The summed E-state index contributed by atoms with van der Waals surface area (Å²) >= 11 is 1.80. The number of hydrogen-bond acceptors (Lipinski definition) is 3. The van der Waals surface area contributed by atoms with Gasteiger partial charge < -0.3 is 15.4 Å². The smallest absolute Gasteiger partial charge is 0.191 e. The number of nitrogens with one attached hydrogen (secondary N) is 2. The molecule has 0 saturated carbocycles. The average molecular weight is 329 g/mol. The van der Waals surface area contributed by atoms with Gasteiger partial charge in [0.1, 0.15) is 5.75 Å². The fourth-order valence-electron chi connectivity index (χ4n) is 2.77. The minimum atomic E-state index is 0.239. The molecule has 1 aliphatic rings. The molecule has 23 heavy (non-hydrogen) atoms. The van der Waals surface area contributed by atoms with Crippen LogP contribution in [0.3, 0.4) is 0 Å². The van der Waals surface area contributed by atoms with Crippen LogP contribution < -0.4 is 15.4 Å². The molecular weight excluding hydrogens is 306 g/mol. The Morgan fingerprint density at radius 2 is 2.22 bits per heavy atom. The van der Waals surface area contributed by atoms with E-state index >= 15 is 0 Å². The van der Waals surface area contributed by atoms with Gasteiger partial charge in [0.25, 0.3) is 0 Å². The monoisotopic (exact) mass is 329 g/mol. The van der Waals surface area contributed by atoms with E-state index in [0.29, 0.717) is 5.92 Å². The summed E-state index contributed by atoms with van der Waals surface area (Å²) in [5.74, 6) is 2.28. The van der Waals surface area contributed by atoms with Crippen molar-refractivity contribution in [1.29, 1.82) is 0 Å². The molecule has 2 aromatic rings. The molecule has 2 atom stereocenters. The Morgan fingerprint density at radius 3 is 3.00 bits per heavy atom. The van der Waals surface area contributed by atoms with E-state index < -0.39 is 0 Å². The summed E-state index contributed by atoms with van der Waals surface area (Å²) in [7, 11) is 1.82. The van der Waals surface area contributed by atoms with Crippen LogP contribution >= 0.6 is 11.3 Å². The Kier molecular flexibility index (Phi) is 5.18. The third-order valence-corrected chi connectivity index (χ3v) is 5.20. The average Bonchev–Trinajstić information content (AvgIpc) is 3.13. The fourth-order valence-corrected chi connectivity index (χ4v) is 3.56. The predicted octanol–water partition coefficient (Wildman–Crippen LogP) is 3.54. The highest BCUT2D eigenvalue weighted by Crippen LogP contribution is 2.31. The third-order valence-electron chi connectivity index (χ3n) is 4.10. The number of hydrogen-bond donors (Lipinski definition) is 2. The zero-order valence-corrected chi connectivity index (χ0v) is 14.4. The van der Waals surface area contributed by atoms with Crippen molar-refractivity contribution in [3.63, 3.8) is 0 Å². The lowest BCUT2D eigenvalue weighted by atomic mass is 10.0. The number of thiophene rings is 1. The Balaban J connectivity index is 1.60. The highest BCUT2D eigenvalue weighted by molar-refractivity contribution is 7.10. The van der Waals surface area contributed by atoms with Crippen molar-refractivity contribution in [2.45, 2.75) is 25.3 Å². The Hall–Kier alpha value is -2.01.